The van der Waals surface area contributed by atoms with Crippen LogP contribution in [0.2, 0.25) is 0 Å². The Morgan fingerprint density at radius 3 is 2.57 bits per heavy atom. The molecule has 21 heavy (non-hydrogen) atoms. The minimum atomic E-state index is -0.861. The van der Waals surface area contributed by atoms with E-state index in [2.05, 4.69) is 34.1 Å². The van der Waals surface area contributed by atoms with E-state index < -0.39 is 12.2 Å². The minimum Gasteiger partial charge on any atom is -0.386 e. The first-order valence-electron chi connectivity index (χ1n) is 6.85. The summed E-state index contributed by atoms with van der Waals surface area (Å²) in [5.41, 5.74) is 1.76. The second-order valence-corrected chi connectivity index (χ2v) is 6.16. The third kappa shape index (κ3) is 1.85. The van der Waals surface area contributed by atoms with Crippen molar-refractivity contribution in [1.29, 1.82) is 0 Å². The number of hydrogen-bond donors (Lipinski definition) is 2. The molecule has 0 aromatic heterocycles. The number of aliphatic hydroxyl groups is 2. The number of benzene rings is 3. The lowest BCUT2D eigenvalue weighted by Crippen LogP contribution is -2.19. The molecule has 104 valence electrons. The summed E-state index contributed by atoms with van der Waals surface area (Å²) < 4.78 is 1.06. The summed E-state index contributed by atoms with van der Waals surface area (Å²) in [6.07, 6.45) is 1.85. The number of fused-ring (bicyclic) bond motifs is 4. The average Bonchev–Trinajstić information content (AvgIpc) is 2.51. The largest absolute Gasteiger partial charge is 0.386 e. The molecule has 0 bridgehead atoms. The van der Waals surface area contributed by atoms with Crippen LogP contribution >= 0.6 is 15.9 Å². The summed E-state index contributed by atoms with van der Waals surface area (Å²) in [6.45, 7) is 0. The number of hydrogen-bond acceptors (Lipinski definition) is 2. The molecule has 2 nitrogen and oxygen atoms in total. The zero-order chi connectivity index (χ0) is 14.6. The first kappa shape index (κ1) is 13.0. The molecule has 0 heterocycles. The number of aliphatic hydroxyl groups excluding tert-OH is 2. The summed E-state index contributed by atoms with van der Waals surface area (Å²) in [5.74, 6) is 0. The Labute approximate surface area is 130 Å². The fourth-order valence-corrected chi connectivity index (χ4v) is 3.76. The Morgan fingerprint density at radius 2 is 1.71 bits per heavy atom. The van der Waals surface area contributed by atoms with Crippen molar-refractivity contribution in [3.63, 3.8) is 0 Å². The van der Waals surface area contributed by atoms with E-state index in [1.165, 1.54) is 5.39 Å². The lowest BCUT2D eigenvalue weighted by Gasteiger charge is -2.23. The van der Waals surface area contributed by atoms with E-state index in [0.29, 0.717) is 0 Å². The molecule has 3 aromatic carbocycles. The fourth-order valence-electron chi connectivity index (χ4n) is 3.05. The van der Waals surface area contributed by atoms with Crippen LogP contribution in [-0.4, -0.2) is 16.3 Å². The van der Waals surface area contributed by atoms with Crippen LogP contribution < -0.4 is 0 Å². The molecule has 0 saturated heterocycles. The van der Waals surface area contributed by atoms with Crippen LogP contribution in [0, 0.1) is 0 Å². The molecular formula is C18H13BrO2. The van der Waals surface area contributed by atoms with Gasteiger partial charge in [0, 0.05) is 4.47 Å². The molecule has 2 atom stereocenters. The Kier molecular flexibility index (Phi) is 2.89. The summed E-state index contributed by atoms with van der Waals surface area (Å²) in [5, 5.41) is 24.5. The number of rotatable bonds is 0. The average molecular weight is 341 g/mol. The Hall–Kier alpha value is -1.68. The van der Waals surface area contributed by atoms with Gasteiger partial charge in [-0.05, 0) is 54.7 Å². The predicted octanol–water partition coefficient (Wildman–Crippen LogP) is 4.18. The Morgan fingerprint density at radius 1 is 0.905 bits per heavy atom. The summed E-state index contributed by atoms with van der Waals surface area (Å²) in [6, 6.07) is 14.3. The lowest BCUT2D eigenvalue weighted by molar-refractivity contribution is 0.0471. The van der Waals surface area contributed by atoms with Crippen molar-refractivity contribution in [3.8, 4) is 0 Å². The molecule has 3 heteroatoms. The molecule has 0 fully saturated rings. The molecule has 1 aliphatic rings. The van der Waals surface area contributed by atoms with Gasteiger partial charge in [-0.3, -0.25) is 0 Å². The normalized spacial score (nSPS) is 20.9. The van der Waals surface area contributed by atoms with Gasteiger partial charge in [0.15, 0.2) is 0 Å². The van der Waals surface area contributed by atoms with Gasteiger partial charge in [-0.15, -0.1) is 0 Å². The van der Waals surface area contributed by atoms with Gasteiger partial charge in [0.1, 0.15) is 12.2 Å². The monoisotopic (exact) mass is 340 g/mol. The predicted molar refractivity (Wildman–Crippen MR) is 89.2 cm³/mol. The van der Waals surface area contributed by atoms with E-state index in [9.17, 15) is 10.2 Å². The Balaban J connectivity index is 2.15. The van der Waals surface area contributed by atoms with Crippen molar-refractivity contribution in [2.45, 2.75) is 12.2 Å². The molecular weight excluding hydrogens is 328 g/mol. The van der Waals surface area contributed by atoms with Gasteiger partial charge in [0.25, 0.3) is 0 Å². The quantitative estimate of drug-likeness (QED) is 0.603. The standard InChI is InChI=1S/C18H13BrO2/c19-17-11-4-2-1-3-10(11)9-15-12-7-8-16(20)18(21)14(12)6-5-13(15)17/h1-9,16,18,20-21H/t16-,18-/m0/s1. The zero-order valence-corrected chi connectivity index (χ0v) is 12.7. The van der Waals surface area contributed by atoms with Crippen LogP contribution in [0.5, 0.6) is 0 Å². The van der Waals surface area contributed by atoms with E-state index in [1.807, 2.05) is 30.3 Å². The maximum atomic E-state index is 10.2. The molecule has 0 aliphatic heterocycles. The summed E-state index contributed by atoms with van der Waals surface area (Å²) in [4.78, 5) is 0. The van der Waals surface area contributed by atoms with Crippen LogP contribution in [0.3, 0.4) is 0 Å². The molecule has 1 aliphatic carbocycles. The molecule has 2 N–H and O–H groups in total. The molecule has 0 saturated carbocycles. The molecule has 4 rings (SSSR count). The molecule has 0 amide bonds. The summed E-state index contributed by atoms with van der Waals surface area (Å²) in [7, 11) is 0. The second-order valence-electron chi connectivity index (χ2n) is 5.37. The Bertz CT molecular complexity index is 898. The third-order valence-corrected chi connectivity index (χ3v) is 5.01. The highest BCUT2D eigenvalue weighted by Crippen LogP contribution is 2.39. The smallest absolute Gasteiger partial charge is 0.109 e. The maximum Gasteiger partial charge on any atom is 0.109 e. The molecule has 0 unspecified atom stereocenters. The van der Waals surface area contributed by atoms with Gasteiger partial charge < -0.3 is 10.2 Å². The summed E-state index contributed by atoms with van der Waals surface area (Å²) >= 11 is 3.70. The van der Waals surface area contributed by atoms with E-state index in [-0.39, 0.29) is 0 Å². The van der Waals surface area contributed by atoms with Crippen molar-refractivity contribution < 1.29 is 10.2 Å². The SMILES string of the molecule is O[C@H]1C=Cc2c(ccc3c(Br)c4ccccc4cc23)[C@@H]1O. The van der Waals surface area contributed by atoms with Crippen LogP contribution in [-0.2, 0) is 0 Å². The van der Waals surface area contributed by atoms with Crippen molar-refractivity contribution in [1.82, 2.24) is 0 Å². The zero-order valence-electron chi connectivity index (χ0n) is 11.1. The minimum absolute atomic E-state index is 0.777. The van der Waals surface area contributed by atoms with Crippen molar-refractivity contribution in [2.75, 3.05) is 0 Å². The number of halogens is 1. The van der Waals surface area contributed by atoms with E-state index in [1.54, 1.807) is 6.08 Å². The molecule has 0 spiro atoms. The van der Waals surface area contributed by atoms with Gasteiger partial charge in [-0.25, -0.2) is 0 Å². The first-order chi connectivity index (χ1) is 10.2. The third-order valence-electron chi connectivity index (χ3n) is 4.16. The van der Waals surface area contributed by atoms with Gasteiger partial charge in [-0.1, -0.05) is 48.6 Å². The van der Waals surface area contributed by atoms with Crippen molar-refractivity contribution in [3.05, 3.63) is 64.1 Å². The topological polar surface area (TPSA) is 40.5 Å². The highest BCUT2D eigenvalue weighted by molar-refractivity contribution is 9.10. The van der Waals surface area contributed by atoms with E-state index >= 15 is 0 Å². The maximum absolute atomic E-state index is 10.2. The van der Waals surface area contributed by atoms with Crippen molar-refractivity contribution >= 4 is 43.6 Å². The van der Waals surface area contributed by atoms with Crippen LogP contribution in [0.1, 0.15) is 17.2 Å². The van der Waals surface area contributed by atoms with Crippen LogP contribution in [0.15, 0.2) is 53.0 Å². The highest BCUT2D eigenvalue weighted by atomic mass is 79.9. The van der Waals surface area contributed by atoms with Crippen LogP contribution in [0.25, 0.3) is 27.6 Å². The van der Waals surface area contributed by atoms with Gasteiger partial charge >= 0.3 is 0 Å². The van der Waals surface area contributed by atoms with E-state index in [0.717, 1.165) is 31.8 Å². The molecule has 0 radical (unpaired) electrons. The van der Waals surface area contributed by atoms with Crippen LogP contribution in [0.4, 0.5) is 0 Å². The van der Waals surface area contributed by atoms with Gasteiger partial charge in [0.05, 0.1) is 0 Å². The molecule has 3 aromatic rings. The van der Waals surface area contributed by atoms with E-state index in [4.69, 9.17) is 0 Å². The first-order valence-corrected chi connectivity index (χ1v) is 7.64. The van der Waals surface area contributed by atoms with Gasteiger partial charge in [-0.2, -0.15) is 0 Å². The van der Waals surface area contributed by atoms with Gasteiger partial charge in [0.2, 0.25) is 0 Å². The second kappa shape index (κ2) is 4.67. The highest BCUT2D eigenvalue weighted by Gasteiger charge is 2.24. The van der Waals surface area contributed by atoms with Crippen molar-refractivity contribution in [2.24, 2.45) is 0 Å². The lowest BCUT2D eigenvalue weighted by atomic mass is 9.88. The fraction of sp³-hybridized carbons (Fsp3) is 0.111.